The lowest BCUT2D eigenvalue weighted by Gasteiger charge is -2.20. The van der Waals surface area contributed by atoms with Crippen LogP contribution in [0.15, 0.2) is 30.3 Å². The predicted molar refractivity (Wildman–Crippen MR) is 96.2 cm³/mol. The lowest BCUT2D eigenvalue weighted by atomic mass is 9.98. The summed E-state index contributed by atoms with van der Waals surface area (Å²) in [6, 6.07) is 9.71. The number of carbonyl (C=O) groups excluding carboxylic acids is 2. The van der Waals surface area contributed by atoms with Gasteiger partial charge in [0, 0.05) is 21.9 Å². The maximum Gasteiger partial charge on any atom is 0.315 e. The molecule has 1 atom stereocenters. The van der Waals surface area contributed by atoms with Crippen molar-refractivity contribution in [3.05, 3.63) is 51.2 Å². The van der Waals surface area contributed by atoms with Crippen LogP contribution in [-0.4, -0.2) is 11.9 Å². The highest BCUT2D eigenvalue weighted by Gasteiger charge is 2.17. The van der Waals surface area contributed by atoms with Crippen LogP contribution in [0.2, 0.25) is 0 Å². The van der Waals surface area contributed by atoms with Gasteiger partial charge in [0.05, 0.1) is 12.6 Å². The van der Waals surface area contributed by atoms with Crippen molar-refractivity contribution in [3.63, 3.8) is 0 Å². The van der Waals surface area contributed by atoms with Gasteiger partial charge in [0.2, 0.25) is 5.91 Å². The zero-order valence-corrected chi connectivity index (χ0v) is 14.6. The lowest BCUT2D eigenvalue weighted by Crippen LogP contribution is -2.36. The molecule has 126 valence electrons. The van der Waals surface area contributed by atoms with Crippen molar-refractivity contribution in [1.82, 2.24) is 10.6 Å². The van der Waals surface area contributed by atoms with Crippen molar-refractivity contribution >= 4 is 29.0 Å². The molecular formula is C18H21N3O2S. The number of anilines is 1. The summed E-state index contributed by atoms with van der Waals surface area (Å²) in [7, 11) is 0. The van der Waals surface area contributed by atoms with E-state index in [9.17, 15) is 9.59 Å². The summed E-state index contributed by atoms with van der Waals surface area (Å²) in [4.78, 5) is 25.8. The van der Waals surface area contributed by atoms with Gasteiger partial charge in [0.25, 0.3) is 0 Å². The molecule has 6 heteroatoms. The first-order valence-corrected chi connectivity index (χ1v) is 8.85. The van der Waals surface area contributed by atoms with Gasteiger partial charge in [-0.25, -0.2) is 4.79 Å². The van der Waals surface area contributed by atoms with Gasteiger partial charge in [-0.2, -0.15) is 0 Å². The second kappa shape index (κ2) is 7.05. The number of benzene rings is 1. The van der Waals surface area contributed by atoms with Crippen molar-refractivity contribution in [2.45, 2.75) is 39.3 Å². The van der Waals surface area contributed by atoms with E-state index in [-0.39, 0.29) is 18.0 Å². The number of hydrogen-bond acceptors (Lipinski definition) is 3. The molecule has 3 rings (SSSR count). The highest BCUT2D eigenvalue weighted by atomic mass is 32.1. The number of nitrogens with one attached hydrogen (secondary N) is 3. The van der Waals surface area contributed by atoms with Crippen LogP contribution >= 0.6 is 11.3 Å². The Morgan fingerprint density at radius 1 is 1.29 bits per heavy atom. The molecule has 2 aromatic rings. The van der Waals surface area contributed by atoms with Crippen molar-refractivity contribution < 1.29 is 9.59 Å². The average Bonchev–Trinajstić information content (AvgIpc) is 2.98. The molecule has 3 amide bonds. The first-order chi connectivity index (χ1) is 11.5. The zero-order chi connectivity index (χ0) is 17.1. The Morgan fingerprint density at radius 2 is 2.12 bits per heavy atom. The van der Waals surface area contributed by atoms with Crippen LogP contribution in [0.1, 0.15) is 40.3 Å². The Bertz CT molecular complexity index is 769. The van der Waals surface area contributed by atoms with Gasteiger partial charge in [-0.15, -0.1) is 11.3 Å². The van der Waals surface area contributed by atoms with Crippen LogP contribution in [0.5, 0.6) is 0 Å². The molecule has 5 nitrogen and oxygen atoms in total. The minimum absolute atomic E-state index is 0.0598. The van der Waals surface area contributed by atoms with E-state index in [2.05, 4.69) is 28.9 Å². The summed E-state index contributed by atoms with van der Waals surface area (Å²) >= 11 is 1.68. The monoisotopic (exact) mass is 343 g/mol. The Labute approximate surface area is 145 Å². The Kier molecular flexibility index (Phi) is 4.85. The van der Waals surface area contributed by atoms with Crippen molar-refractivity contribution in [3.8, 4) is 0 Å². The number of hydrogen-bond donors (Lipinski definition) is 3. The maximum atomic E-state index is 12.1. The highest BCUT2D eigenvalue weighted by molar-refractivity contribution is 7.11. The van der Waals surface area contributed by atoms with Crippen LogP contribution in [0.4, 0.5) is 10.5 Å². The Morgan fingerprint density at radius 3 is 2.88 bits per heavy atom. The summed E-state index contributed by atoms with van der Waals surface area (Å²) in [5, 5.41) is 8.71. The third-order valence-electron chi connectivity index (χ3n) is 4.09. The molecule has 0 aliphatic carbocycles. The van der Waals surface area contributed by atoms with Gasteiger partial charge in [-0.1, -0.05) is 12.1 Å². The molecule has 24 heavy (non-hydrogen) atoms. The summed E-state index contributed by atoms with van der Waals surface area (Å²) in [5.41, 5.74) is 3.03. The standard InChI is InChI=1S/C18H21N3O2S/c1-11-3-6-15(24-11)10-19-18(23)20-12(2)13-4-7-16-14(9-13)5-8-17(22)21-16/h3-4,6-7,9,12H,5,8,10H2,1-2H3,(H,21,22)(H2,19,20,23). The summed E-state index contributed by atoms with van der Waals surface area (Å²) in [6.45, 7) is 4.54. The minimum Gasteiger partial charge on any atom is -0.333 e. The molecule has 0 spiro atoms. The summed E-state index contributed by atoms with van der Waals surface area (Å²) < 4.78 is 0. The lowest BCUT2D eigenvalue weighted by molar-refractivity contribution is -0.116. The van der Waals surface area contributed by atoms with Gasteiger partial charge >= 0.3 is 6.03 Å². The summed E-state index contributed by atoms with van der Waals surface area (Å²) in [6.07, 6.45) is 1.25. The normalized spacial score (nSPS) is 14.5. The van der Waals surface area contributed by atoms with Gasteiger partial charge in [0.1, 0.15) is 0 Å². The van der Waals surface area contributed by atoms with Gasteiger partial charge in [0.15, 0.2) is 0 Å². The second-order valence-electron chi connectivity index (χ2n) is 6.03. The smallest absolute Gasteiger partial charge is 0.315 e. The molecule has 1 aromatic carbocycles. The first kappa shape index (κ1) is 16.5. The van der Waals surface area contributed by atoms with Crippen LogP contribution in [0, 0.1) is 6.92 Å². The third-order valence-corrected chi connectivity index (χ3v) is 5.09. The number of thiophene rings is 1. The van der Waals surface area contributed by atoms with E-state index < -0.39 is 0 Å². The maximum absolute atomic E-state index is 12.1. The fourth-order valence-electron chi connectivity index (χ4n) is 2.75. The number of amides is 3. The van der Waals surface area contributed by atoms with E-state index in [0.717, 1.165) is 28.1 Å². The van der Waals surface area contributed by atoms with E-state index in [0.29, 0.717) is 13.0 Å². The number of urea groups is 1. The summed E-state index contributed by atoms with van der Waals surface area (Å²) in [5.74, 6) is 0.0598. The number of fused-ring (bicyclic) bond motifs is 1. The number of carbonyl (C=O) groups is 2. The predicted octanol–water partition coefficient (Wildman–Crippen LogP) is 3.50. The third kappa shape index (κ3) is 3.94. The van der Waals surface area contributed by atoms with Crippen molar-refractivity contribution in [2.75, 3.05) is 5.32 Å². The van der Waals surface area contributed by atoms with Crippen LogP contribution in [0.25, 0.3) is 0 Å². The van der Waals surface area contributed by atoms with E-state index >= 15 is 0 Å². The number of rotatable bonds is 4. The molecule has 2 heterocycles. The average molecular weight is 343 g/mol. The fraction of sp³-hybridized carbons (Fsp3) is 0.333. The van der Waals surface area contributed by atoms with Crippen molar-refractivity contribution in [2.24, 2.45) is 0 Å². The topological polar surface area (TPSA) is 70.2 Å². The Hall–Kier alpha value is -2.34. The molecule has 1 aromatic heterocycles. The number of aryl methyl sites for hydroxylation is 2. The van der Waals surface area contributed by atoms with Crippen LogP contribution in [0.3, 0.4) is 0 Å². The molecule has 0 radical (unpaired) electrons. The highest BCUT2D eigenvalue weighted by Crippen LogP contribution is 2.26. The molecule has 0 saturated carbocycles. The molecule has 0 saturated heterocycles. The van der Waals surface area contributed by atoms with Crippen molar-refractivity contribution in [1.29, 1.82) is 0 Å². The largest absolute Gasteiger partial charge is 0.333 e. The molecule has 1 aliphatic rings. The van der Waals surface area contributed by atoms with E-state index in [4.69, 9.17) is 0 Å². The van der Waals surface area contributed by atoms with Crippen LogP contribution in [-0.2, 0) is 17.8 Å². The molecule has 3 N–H and O–H groups in total. The van der Waals surface area contributed by atoms with E-state index in [1.54, 1.807) is 11.3 Å². The minimum atomic E-state index is -0.181. The molecule has 1 aliphatic heterocycles. The fourth-order valence-corrected chi connectivity index (χ4v) is 3.58. The Balaban J connectivity index is 1.57. The van der Waals surface area contributed by atoms with E-state index in [1.165, 1.54) is 4.88 Å². The quantitative estimate of drug-likeness (QED) is 0.795. The second-order valence-corrected chi connectivity index (χ2v) is 7.40. The first-order valence-electron chi connectivity index (χ1n) is 8.03. The molecule has 0 fully saturated rings. The molecule has 0 bridgehead atoms. The zero-order valence-electron chi connectivity index (χ0n) is 13.8. The van der Waals surface area contributed by atoms with Gasteiger partial charge < -0.3 is 16.0 Å². The van der Waals surface area contributed by atoms with Gasteiger partial charge in [-0.05, 0) is 49.6 Å². The molecule has 1 unspecified atom stereocenters. The van der Waals surface area contributed by atoms with Gasteiger partial charge in [-0.3, -0.25) is 4.79 Å². The van der Waals surface area contributed by atoms with Crippen LogP contribution < -0.4 is 16.0 Å². The molecular weight excluding hydrogens is 322 g/mol. The van der Waals surface area contributed by atoms with E-state index in [1.807, 2.05) is 31.2 Å². The SMILES string of the molecule is Cc1ccc(CNC(=O)NC(C)c2ccc3c(c2)CCC(=O)N3)s1.